The number of hydrogen-bond donors (Lipinski definition) is 3. The van der Waals surface area contributed by atoms with E-state index in [1.165, 1.54) is 6.07 Å². The van der Waals surface area contributed by atoms with E-state index in [0.717, 1.165) is 27.0 Å². The van der Waals surface area contributed by atoms with Crippen LogP contribution in [-0.4, -0.2) is 27.9 Å². The van der Waals surface area contributed by atoms with Crippen LogP contribution in [0.15, 0.2) is 52.0 Å². The summed E-state index contributed by atoms with van der Waals surface area (Å²) in [6, 6.07) is 11.8. The first-order valence-corrected chi connectivity index (χ1v) is 10.4. The number of nitrogens with one attached hydrogen (secondary N) is 2. The van der Waals surface area contributed by atoms with Crippen molar-refractivity contribution < 1.29 is 14.7 Å². The Bertz CT molecular complexity index is 1200. The van der Waals surface area contributed by atoms with Crippen molar-refractivity contribution in [1.29, 1.82) is 0 Å². The van der Waals surface area contributed by atoms with Crippen LogP contribution >= 0.6 is 27.5 Å². The zero-order chi connectivity index (χ0) is 22.7. The van der Waals surface area contributed by atoms with E-state index in [1.54, 1.807) is 24.4 Å². The number of aromatic carboxylic acids is 1. The number of hydrazone groups is 1. The summed E-state index contributed by atoms with van der Waals surface area (Å²) < 4.78 is 2.86. The number of hydrogen-bond acceptors (Lipinski definition) is 3. The molecule has 0 aliphatic carbocycles. The van der Waals surface area contributed by atoms with Crippen molar-refractivity contribution in [3.63, 3.8) is 0 Å². The largest absolute Gasteiger partial charge is 0.478 e. The van der Waals surface area contributed by atoms with Gasteiger partial charge in [0.05, 0.1) is 16.8 Å². The molecule has 1 aromatic heterocycles. The highest BCUT2D eigenvalue weighted by Crippen LogP contribution is 2.24. The van der Waals surface area contributed by atoms with Crippen molar-refractivity contribution in [2.24, 2.45) is 5.10 Å². The number of amides is 2. The second kappa shape index (κ2) is 9.36. The number of carboxylic acids is 1. The molecular weight excluding hydrogens is 484 g/mol. The third kappa shape index (κ3) is 5.15. The summed E-state index contributed by atoms with van der Waals surface area (Å²) in [6.07, 6.45) is 1.54. The average molecular weight is 504 g/mol. The molecule has 0 saturated carbocycles. The Morgan fingerprint density at radius 2 is 1.87 bits per heavy atom. The molecule has 0 unspecified atom stereocenters. The molecule has 3 rings (SSSR count). The van der Waals surface area contributed by atoms with Gasteiger partial charge in [-0.2, -0.15) is 5.10 Å². The minimum absolute atomic E-state index is 0.0309. The first-order chi connectivity index (χ1) is 14.7. The third-order valence-electron chi connectivity index (χ3n) is 4.69. The van der Waals surface area contributed by atoms with Crippen LogP contribution in [0.2, 0.25) is 5.02 Å². The summed E-state index contributed by atoms with van der Waals surface area (Å²) >= 11 is 9.40. The van der Waals surface area contributed by atoms with Crippen LogP contribution in [-0.2, 0) is 0 Å². The number of nitrogens with zero attached hydrogens (tertiary/aromatic N) is 2. The monoisotopic (exact) mass is 502 g/mol. The molecule has 9 heteroatoms. The van der Waals surface area contributed by atoms with Crippen molar-refractivity contribution in [3.8, 4) is 5.69 Å². The fraction of sp³-hybridized carbons (Fsp3) is 0.136. The van der Waals surface area contributed by atoms with E-state index in [1.807, 2.05) is 43.5 Å². The van der Waals surface area contributed by atoms with Gasteiger partial charge in [-0.3, -0.25) is 0 Å². The highest BCUT2D eigenvalue weighted by Gasteiger charge is 2.14. The molecule has 160 valence electrons. The van der Waals surface area contributed by atoms with Crippen LogP contribution in [0.4, 0.5) is 10.5 Å². The number of benzene rings is 2. The summed E-state index contributed by atoms with van der Waals surface area (Å²) in [5, 5.41) is 16.2. The number of carbonyl (C=O) groups is 2. The maximum Gasteiger partial charge on any atom is 0.339 e. The molecule has 0 aliphatic rings. The number of halogens is 2. The standard InChI is InChI=1S/C22H20BrClN4O3/c1-12-8-16(4-6-19(12)23)26-22(31)27-25-11-15-9-13(2)28(14(15)3)17-5-7-20(24)18(10-17)21(29)30/h4-11H,1-3H3,(H,29,30)(H2,26,27,31)/b25-11+. The normalized spacial score (nSPS) is 11.0. The van der Waals surface area contributed by atoms with Crippen LogP contribution in [0.25, 0.3) is 5.69 Å². The number of rotatable bonds is 5. The van der Waals surface area contributed by atoms with Gasteiger partial charge in [0, 0.05) is 32.8 Å². The Balaban J connectivity index is 1.75. The van der Waals surface area contributed by atoms with E-state index in [0.29, 0.717) is 11.4 Å². The lowest BCUT2D eigenvalue weighted by molar-refractivity contribution is 0.0697. The fourth-order valence-corrected chi connectivity index (χ4v) is 3.62. The molecule has 7 nitrogen and oxygen atoms in total. The molecule has 0 radical (unpaired) electrons. The fourth-order valence-electron chi connectivity index (χ4n) is 3.17. The van der Waals surface area contributed by atoms with Gasteiger partial charge >= 0.3 is 12.0 Å². The summed E-state index contributed by atoms with van der Waals surface area (Å²) in [6.45, 7) is 5.71. The zero-order valence-electron chi connectivity index (χ0n) is 17.0. The molecule has 0 atom stereocenters. The third-order valence-corrected chi connectivity index (χ3v) is 5.91. The quantitative estimate of drug-likeness (QED) is 0.309. The topological polar surface area (TPSA) is 95.7 Å². The van der Waals surface area contributed by atoms with Gasteiger partial charge in [0.15, 0.2) is 0 Å². The van der Waals surface area contributed by atoms with Gasteiger partial charge in [0.25, 0.3) is 0 Å². The number of carbonyl (C=O) groups excluding carboxylic acids is 1. The van der Waals surface area contributed by atoms with Gasteiger partial charge in [-0.05, 0) is 68.8 Å². The van der Waals surface area contributed by atoms with Crippen molar-refractivity contribution in [1.82, 2.24) is 9.99 Å². The van der Waals surface area contributed by atoms with E-state index in [4.69, 9.17) is 11.6 Å². The first-order valence-electron chi connectivity index (χ1n) is 9.25. The van der Waals surface area contributed by atoms with Crippen LogP contribution < -0.4 is 10.7 Å². The Labute approximate surface area is 192 Å². The highest BCUT2D eigenvalue weighted by molar-refractivity contribution is 9.10. The van der Waals surface area contributed by atoms with Crippen molar-refractivity contribution >= 4 is 51.4 Å². The van der Waals surface area contributed by atoms with Gasteiger partial charge in [-0.25, -0.2) is 15.0 Å². The van der Waals surface area contributed by atoms with E-state index in [-0.39, 0.29) is 10.6 Å². The molecular formula is C22H20BrClN4O3. The maximum absolute atomic E-state index is 12.1. The lowest BCUT2D eigenvalue weighted by Crippen LogP contribution is -2.24. The number of carboxylic acid groups (broad SMARTS) is 1. The molecule has 1 heterocycles. The van der Waals surface area contributed by atoms with Crippen LogP contribution in [0.5, 0.6) is 0 Å². The SMILES string of the molecule is Cc1cc(NC(=O)N/N=C/c2cc(C)n(-c3ccc(Cl)c(C(=O)O)c3)c2C)ccc1Br. The Kier molecular flexibility index (Phi) is 6.82. The van der Waals surface area contributed by atoms with Gasteiger partial charge in [-0.15, -0.1) is 0 Å². The van der Waals surface area contributed by atoms with Gasteiger partial charge < -0.3 is 15.0 Å². The molecule has 0 spiro atoms. The molecule has 0 fully saturated rings. The molecule has 0 saturated heterocycles. The molecule has 3 aromatic rings. The summed E-state index contributed by atoms with van der Waals surface area (Å²) in [4.78, 5) is 23.5. The molecule has 3 N–H and O–H groups in total. The number of anilines is 1. The lowest BCUT2D eigenvalue weighted by atomic mass is 10.2. The zero-order valence-corrected chi connectivity index (χ0v) is 19.4. The predicted molar refractivity (Wildman–Crippen MR) is 126 cm³/mol. The van der Waals surface area contributed by atoms with E-state index >= 15 is 0 Å². The van der Waals surface area contributed by atoms with Gasteiger partial charge in [0.1, 0.15) is 0 Å². The Morgan fingerprint density at radius 3 is 2.55 bits per heavy atom. The van der Waals surface area contributed by atoms with E-state index in [2.05, 4.69) is 31.8 Å². The molecule has 31 heavy (non-hydrogen) atoms. The summed E-state index contributed by atoms with van der Waals surface area (Å²) in [7, 11) is 0. The first kappa shape index (κ1) is 22.6. The minimum Gasteiger partial charge on any atom is -0.478 e. The molecule has 2 aromatic carbocycles. The van der Waals surface area contributed by atoms with Gasteiger partial charge in [-0.1, -0.05) is 27.5 Å². The van der Waals surface area contributed by atoms with Crippen molar-refractivity contribution in [2.75, 3.05) is 5.32 Å². The van der Waals surface area contributed by atoms with Gasteiger partial charge in [0.2, 0.25) is 0 Å². The number of aryl methyl sites for hydroxylation is 2. The minimum atomic E-state index is -1.09. The van der Waals surface area contributed by atoms with Crippen LogP contribution in [0.1, 0.15) is 32.9 Å². The average Bonchev–Trinajstić information content (AvgIpc) is 2.98. The second-order valence-electron chi connectivity index (χ2n) is 6.92. The summed E-state index contributed by atoms with van der Waals surface area (Å²) in [5.41, 5.74) is 7.31. The van der Waals surface area contributed by atoms with Crippen molar-refractivity contribution in [2.45, 2.75) is 20.8 Å². The van der Waals surface area contributed by atoms with Crippen LogP contribution in [0.3, 0.4) is 0 Å². The lowest BCUT2D eigenvalue weighted by Gasteiger charge is -2.11. The van der Waals surface area contributed by atoms with E-state index < -0.39 is 12.0 Å². The van der Waals surface area contributed by atoms with Crippen LogP contribution in [0, 0.1) is 20.8 Å². The Morgan fingerprint density at radius 1 is 1.13 bits per heavy atom. The highest BCUT2D eigenvalue weighted by atomic mass is 79.9. The van der Waals surface area contributed by atoms with Crippen molar-refractivity contribution in [3.05, 3.63) is 80.0 Å². The number of aromatic nitrogens is 1. The number of urea groups is 1. The predicted octanol–water partition coefficient (Wildman–Crippen LogP) is 5.67. The molecule has 2 amide bonds. The maximum atomic E-state index is 12.1. The van der Waals surface area contributed by atoms with E-state index in [9.17, 15) is 14.7 Å². The Hall–Kier alpha value is -3.10. The molecule has 0 bridgehead atoms. The summed E-state index contributed by atoms with van der Waals surface area (Å²) in [5.74, 6) is -1.09. The molecule has 0 aliphatic heterocycles. The smallest absolute Gasteiger partial charge is 0.339 e. The second-order valence-corrected chi connectivity index (χ2v) is 8.18.